The van der Waals surface area contributed by atoms with Crippen molar-refractivity contribution in [2.45, 2.75) is 51.0 Å². The zero-order valence-corrected chi connectivity index (χ0v) is 19.6. The van der Waals surface area contributed by atoms with Crippen LogP contribution in [0.3, 0.4) is 0 Å². The molecule has 2 aromatic carbocycles. The third-order valence-corrected chi connectivity index (χ3v) is 7.31. The van der Waals surface area contributed by atoms with Gasteiger partial charge in [-0.25, -0.2) is 0 Å². The summed E-state index contributed by atoms with van der Waals surface area (Å²) in [4.78, 5) is 11.1. The van der Waals surface area contributed by atoms with Crippen molar-refractivity contribution >= 4 is 5.91 Å². The van der Waals surface area contributed by atoms with Crippen molar-refractivity contribution in [1.29, 1.82) is 0 Å². The number of allylic oxidation sites excluding steroid dienone is 2. The highest BCUT2D eigenvalue weighted by Crippen LogP contribution is 2.39. The smallest absolute Gasteiger partial charge is 0.255 e. The first-order valence-electron chi connectivity index (χ1n) is 12.4. The first-order valence-corrected chi connectivity index (χ1v) is 12.4. The lowest BCUT2D eigenvalue weighted by Gasteiger charge is -2.28. The summed E-state index contributed by atoms with van der Waals surface area (Å²) >= 11 is 0. The number of nitrogens with two attached hydrogens (primary N) is 1. The minimum Gasteiger partial charge on any atom is -0.483 e. The van der Waals surface area contributed by atoms with Crippen LogP contribution < -0.4 is 10.5 Å². The maximum absolute atomic E-state index is 11.1. The Hall–Kier alpha value is -3.34. The molecule has 0 spiro atoms. The molecule has 0 aliphatic heterocycles. The van der Waals surface area contributed by atoms with Gasteiger partial charge in [0.15, 0.2) is 6.61 Å². The Kier molecular flexibility index (Phi) is 6.79. The molecule has 5 rings (SSSR count). The minimum absolute atomic E-state index is 0.0741. The monoisotopic (exact) mass is 455 g/mol. The van der Waals surface area contributed by atoms with Crippen molar-refractivity contribution in [2.75, 3.05) is 6.61 Å². The van der Waals surface area contributed by atoms with Crippen LogP contribution in [0.15, 0.2) is 73.1 Å². The van der Waals surface area contributed by atoms with E-state index < -0.39 is 5.91 Å². The van der Waals surface area contributed by atoms with Crippen molar-refractivity contribution < 1.29 is 9.53 Å². The van der Waals surface area contributed by atoms with Crippen molar-refractivity contribution in [3.8, 4) is 5.75 Å². The van der Waals surface area contributed by atoms with E-state index in [0.29, 0.717) is 17.8 Å². The number of rotatable bonds is 8. The van der Waals surface area contributed by atoms with E-state index >= 15 is 0 Å². The number of carbonyl (C=O) groups excluding carboxylic acids is 1. The van der Waals surface area contributed by atoms with Gasteiger partial charge in [0.2, 0.25) is 0 Å². The molecule has 3 atom stereocenters. The van der Waals surface area contributed by atoms with Gasteiger partial charge in [0.1, 0.15) is 5.75 Å². The van der Waals surface area contributed by atoms with Gasteiger partial charge >= 0.3 is 0 Å². The topological polar surface area (TPSA) is 70.1 Å². The maximum Gasteiger partial charge on any atom is 0.255 e. The molecule has 2 aliphatic carbocycles. The van der Waals surface area contributed by atoms with Crippen LogP contribution in [0, 0.1) is 11.8 Å². The fraction of sp³-hybridized carbons (Fsp3) is 0.379. The van der Waals surface area contributed by atoms with Crippen LogP contribution in [0.2, 0.25) is 0 Å². The summed E-state index contributed by atoms with van der Waals surface area (Å²) in [5, 5.41) is 4.80. The molecule has 2 aliphatic rings. The third kappa shape index (κ3) is 5.09. The summed E-state index contributed by atoms with van der Waals surface area (Å²) in [5.74, 6) is 1.88. The Morgan fingerprint density at radius 2 is 1.97 bits per heavy atom. The first kappa shape index (κ1) is 22.5. The standard InChI is InChI=1S/C29H33N3O2/c30-28(33)20-34-27-13-7-12-24-16-21(14-15-26(24)27)18-32-19-25(17-31-32)29(22-8-3-1-4-9-22)23-10-5-2-6-11-23/h1-5,7-9,12-13,17,19,21,23,29H,6,10-11,14-16,18,20H2,(H2,30,33). The summed E-state index contributed by atoms with van der Waals surface area (Å²) < 4.78 is 7.80. The molecular formula is C29H33N3O2. The van der Waals surface area contributed by atoms with Crippen LogP contribution in [0.1, 0.15) is 53.9 Å². The van der Waals surface area contributed by atoms with E-state index in [0.717, 1.165) is 44.4 Å². The van der Waals surface area contributed by atoms with E-state index in [1.54, 1.807) is 0 Å². The largest absolute Gasteiger partial charge is 0.483 e. The van der Waals surface area contributed by atoms with Crippen LogP contribution in [0.25, 0.3) is 0 Å². The molecule has 3 unspecified atom stereocenters. The predicted octanol–water partition coefficient (Wildman–Crippen LogP) is 5.04. The summed E-state index contributed by atoms with van der Waals surface area (Å²) in [5.41, 5.74) is 10.5. The summed E-state index contributed by atoms with van der Waals surface area (Å²) in [7, 11) is 0. The number of primary amides is 1. The summed E-state index contributed by atoms with van der Waals surface area (Å²) in [6.45, 7) is 0.840. The molecule has 176 valence electrons. The lowest BCUT2D eigenvalue weighted by atomic mass is 9.76. The molecule has 1 amide bonds. The van der Waals surface area contributed by atoms with Gasteiger partial charge in [-0.05, 0) is 78.7 Å². The molecule has 1 heterocycles. The Morgan fingerprint density at radius 3 is 2.76 bits per heavy atom. The van der Waals surface area contributed by atoms with Gasteiger partial charge in [0.25, 0.3) is 5.91 Å². The second-order valence-electron chi connectivity index (χ2n) is 9.69. The molecule has 3 aromatic rings. The van der Waals surface area contributed by atoms with Gasteiger partial charge in [-0.2, -0.15) is 5.10 Å². The molecule has 0 saturated heterocycles. The first-order chi connectivity index (χ1) is 16.7. The quantitative estimate of drug-likeness (QED) is 0.484. The number of nitrogens with zero attached hydrogens (tertiary/aromatic N) is 2. The molecule has 2 N–H and O–H groups in total. The fourth-order valence-corrected chi connectivity index (χ4v) is 5.71. The number of benzene rings is 2. The Morgan fingerprint density at radius 1 is 1.09 bits per heavy atom. The molecule has 1 aromatic heterocycles. The van der Waals surface area contributed by atoms with E-state index in [1.807, 2.05) is 12.1 Å². The van der Waals surface area contributed by atoms with Crippen LogP contribution in [-0.2, 0) is 24.2 Å². The van der Waals surface area contributed by atoms with Crippen LogP contribution >= 0.6 is 0 Å². The van der Waals surface area contributed by atoms with Gasteiger partial charge in [0.05, 0.1) is 6.20 Å². The van der Waals surface area contributed by atoms with Crippen molar-refractivity contribution in [3.63, 3.8) is 0 Å². The molecule has 5 nitrogen and oxygen atoms in total. The third-order valence-electron chi connectivity index (χ3n) is 7.31. The van der Waals surface area contributed by atoms with Crippen molar-refractivity contribution in [2.24, 2.45) is 17.6 Å². The molecule has 0 radical (unpaired) electrons. The highest BCUT2D eigenvalue weighted by atomic mass is 16.5. The number of ether oxygens (including phenoxy) is 1. The Labute approximate surface area is 201 Å². The molecule has 0 fully saturated rings. The number of amides is 1. The van der Waals surface area contributed by atoms with E-state index in [4.69, 9.17) is 15.6 Å². The molecule has 0 bridgehead atoms. The van der Waals surface area contributed by atoms with Crippen LogP contribution in [0.5, 0.6) is 5.75 Å². The van der Waals surface area contributed by atoms with Crippen molar-refractivity contribution in [1.82, 2.24) is 9.78 Å². The van der Waals surface area contributed by atoms with E-state index in [1.165, 1.54) is 28.7 Å². The molecule has 34 heavy (non-hydrogen) atoms. The lowest BCUT2D eigenvalue weighted by molar-refractivity contribution is -0.119. The zero-order chi connectivity index (χ0) is 23.3. The summed E-state index contributed by atoms with van der Waals surface area (Å²) in [6.07, 6.45) is 15.6. The lowest BCUT2D eigenvalue weighted by Crippen LogP contribution is -2.23. The number of fused-ring (bicyclic) bond motifs is 1. The average molecular weight is 456 g/mol. The summed E-state index contributed by atoms with van der Waals surface area (Å²) in [6, 6.07) is 17.0. The second-order valence-corrected chi connectivity index (χ2v) is 9.69. The number of hydrogen-bond donors (Lipinski definition) is 1. The van der Waals surface area contributed by atoms with E-state index in [9.17, 15) is 4.79 Å². The number of hydrogen-bond acceptors (Lipinski definition) is 3. The van der Waals surface area contributed by atoms with Gasteiger partial charge in [-0.3, -0.25) is 9.48 Å². The average Bonchev–Trinajstić information content (AvgIpc) is 3.31. The van der Waals surface area contributed by atoms with Crippen LogP contribution in [-0.4, -0.2) is 22.3 Å². The van der Waals surface area contributed by atoms with Gasteiger partial charge in [-0.15, -0.1) is 0 Å². The van der Waals surface area contributed by atoms with Crippen molar-refractivity contribution in [3.05, 3.63) is 95.3 Å². The van der Waals surface area contributed by atoms with Gasteiger partial charge < -0.3 is 10.5 Å². The number of aromatic nitrogens is 2. The zero-order valence-electron chi connectivity index (χ0n) is 19.6. The van der Waals surface area contributed by atoms with Gasteiger partial charge in [0, 0.05) is 18.7 Å². The normalized spacial score (nSPS) is 20.5. The second kappa shape index (κ2) is 10.3. The fourth-order valence-electron chi connectivity index (χ4n) is 5.71. The minimum atomic E-state index is -0.446. The Balaban J connectivity index is 1.30. The molecule has 0 saturated carbocycles. The van der Waals surface area contributed by atoms with E-state index in [-0.39, 0.29) is 6.61 Å². The SMILES string of the molecule is NC(=O)COc1cccc2c1CCC(Cn1cc(C(c3ccccc3)C3CC=CCC3)cn1)C2. The number of carbonyl (C=O) groups is 1. The van der Waals surface area contributed by atoms with Gasteiger partial charge in [-0.1, -0.05) is 54.6 Å². The predicted molar refractivity (Wildman–Crippen MR) is 134 cm³/mol. The van der Waals surface area contributed by atoms with Crippen LogP contribution in [0.4, 0.5) is 0 Å². The molecular weight excluding hydrogens is 422 g/mol. The molecule has 5 heteroatoms. The van der Waals surface area contributed by atoms with E-state index in [2.05, 4.69) is 65.6 Å². The highest BCUT2D eigenvalue weighted by molar-refractivity contribution is 5.75. The maximum atomic E-state index is 11.1. The Bertz CT molecular complexity index is 1150. The highest BCUT2D eigenvalue weighted by Gasteiger charge is 2.27.